The Morgan fingerprint density at radius 3 is 2.80 bits per heavy atom. The van der Waals surface area contributed by atoms with Crippen molar-refractivity contribution in [1.29, 1.82) is 0 Å². The number of anilines is 1. The van der Waals surface area contributed by atoms with Gasteiger partial charge in [0.05, 0.1) is 11.0 Å². The number of benzene rings is 1. The summed E-state index contributed by atoms with van der Waals surface area (Å²) in [7, 11) is 0. The Morgan fingerprint density at radius 2 is 2.13 bits per heavy atom. The summed E-state index contributed by atoms with van der Waals surface area (Å²) in [4.78, 5) is 15.3. The number of aromatic nitrogens is 2. The van der Waals surface area contributed by atoms with Crippen molar-refractivity contribution in [3.05, 3.63) is 24.3 Å². The molecule has 0 saturated heterocycles. The van der Waals surface area contributed by atoms with E-state index in [1.165, 1.54) is 0 Å². The van der Waals surface area contributed by atoms with E-state index in [-0.39, 0.29) is 0 Å². The summed E-state index contributed by atoms with van der Waals surface area (Å²) < 4.78 is 1.64. The molecule has 0 aliphatic rings. The molecule has 0 aliphatic heterocycles. The average Bonchev–Trinajstić information content (AvgIpc) is 2.52. The maximum absolute atomic E-state index is 11.1. The highest BCUT2D eigenvalue weighted by atomic mass is 16.1. The maximum atomic E-state index is 11.1. The van der Waals surface area contributed by atoms with Gasteiger partial charge in [0.25, 0.3) is 0 Å². The molecule has 78 valence electrons. The largest absolute Gasteiger partial charge is 0.369 e. The van der Waals surface area contributed by atoms with Crippen LogP contribution in [0.1, 0.15) is 13.0 Å². The molecule has 2 rings (SSSR count). The van der Waals surface area contributed by atoms with E-state index in [1.807, 2.05) is 24.3 Å². The third-order valence-electron chi connectivity index (χ3n) is 2.42. The van der Waals surface area contributed by atoms with E-state index in [1.54, 1.807) is 11.5 Å². The zero-order valence-corrected chi connectivity index (χ0v) is 8.34. The van der Waals surface area contributed by atoms with Crippen molar-refractivity contribution in [3.63, 3.8) is 0 Å². The van der Waals surface area contributed by atoms with Gasteiger partial charge in [0, 0.05) is 0 Å². The topological polar surface area (TPSA) is 86.9 Å². The predicted octanol–water partition coefficient (Wildman–Crippen LogP) is 0.665. The van der Waals surface area contributed by atoms with Crippen molar-refractivity contribution in [3.8, 4) is 0 Å². The second-order valence-electron chi connectivity index (χ2n) is 3.41. The lowest BCUT2D eigenvalue weighted by Crippen LogP contribution is -2.24. The zero-order valence-electron chi connectivity index (χ0n) is 8.34. The molecule has 1 atom stereocenters. The number of fused-ring (bicyclic) bond motifs is 1. The fourth-order valence-electron chi connectivity index (χ4n) is 1.60. The number of primary amides is 1. The molecule has 1 unspecified atom stereocenters. The van der Waals surface area contributed by atoms with Gasteiger partial charge in [-0.1, -0.05) is 12.1 Å². The molecule has 0 fully saturated rings. The molecule has 0 radical (unpaired) electrons. The van der Waals surface area contributed by atoms with Crippen LogP contribution < -0.4 is 11.5 Å². The third-order valence-corrected chi connectivity index (χ3v) is 2.42. The maximum Gasteiger partial charge on any atom is 0.240 e. The fraction of sp³-hybridized carbons (Fsp3) is 0.200. The summed E-state index contributed by atoms with van der Waals surface area (Å²) in [6.45, 7) is 1.70. The number of nitrogen functional groups attached to an aromatic ring is 1. The Morgan fingerprint density at radius 1 is 1.47 bits per heavy atom. The standard InChI is InChI=1S/C10H12N4O/c1-6(9(11)15)14-8-5-3-2-4-7(8)13-10(14)12/h2-6H,1H3,(H2,11,15)(H2,12,13). The normalized spacial score (nSPS) is 12.9. The lowest BCUT2D eigenvalue weighted by Gasteiger charge is -2.11. The summed E-state index contributed by atoms with van der Waals surface area (Å²) in [6, 6.07) is 6.95. The van der Waals surface area contributed by atoms with Crippen LogP contribution in [0.3, 0.4) is 0 Å². The van der Waals surface area contributed by atoms with Crippen LogP contribution in [0.4, 0.5) is 5.95 Å². The van der Waals surface area contributed by atoms with Crippen molar-refractivity contribution >= 4 is 22.9 Å². The van der Waals surface area contributed by atoms with E-state index in [0.717, 1.165) is 11.0 Å². The van der Waals surface area contributed by atoms with Crippen LogP contribution in [0, 0.1) is 0 Å². The van der Waals surface area contributed by atoms with Crippen molar-refractivity contribution in [1.82, 2.24) is 9.55 Å². The lowest BCUT2D eigenvalue weighted by atomic mass is 10.2. The van der Waals surface area contributed by atoms with Gasteiger partial charge in [-0.25, -0.2) is 4.98 Å². The first-order valence-electron chi connectivity index (χ1n) is 4.63. The minimum atomic E-state index is -0.489. The molecule has 2 aromatic rings. The van der Waals surface area contributed by atoms with Gasteiger partial charge in [-0.15, -0.1) is 0 Å². The van der Waals surface area contributed by atoms with E-state index >= 15 is 0 Å². The summed E-state index contributed by atoms with van der Waals surface area (Å²) in [5.41, 5.74) is 12.6. The fourth-order valence-corrected chi connectivity index (χ4v) is 1.60. The number of amides is 1. The quantitative estimate of drug-likeness (QED) is 0.753. The molecule has 1 heterocycles. The minimum absolute atomic E-state index is 0.308. The summed E-state index contributed by atoms with van der Waals surface area (Å²) in [5, 5.41) is 0. The lowest BCUT2D eigenvalue weighted by molar-refractivity contribution is -0.120. The van der Waals surface area contributed by atoms with Gasteiger partial charge in [0.15, 0.2) is 0 Å². The van der Waals surface area contributed by atoms with Crippen LogP contribution in [0.5, 0.6) is 0 Å². The Hall–Kier alpha value is -2.04. The number of para-hydroxylation sites is 2. The SMILES string of the molecule is CC(C(N)=O)n1c(N)nc2ccccc21. The van der Waals surface area contributed by atoms with Crippen LogP contribution in [0.25, 0.3) is 11.0 Å². The molecular formula is C10H12N4O. The van der Waals surface area contributed by atoms with E-state index in [4.69, 9.17) is 11.5 Å². The van der Waals surface area contributed by atoms with Gasteiger partial charge in [-0.2, -0.15) is 0 Å². The van der Waals surface area contributed by atoms with Gasteiger partial charge in [-0.05, 0) is 19.1 Å². The molecule has 0 saturated carbocycles. The van der Waals surface area contributed by atoms with Crippen LogP contribution in [-0.2, 0) is 4.79 Å². The Balaban J connectivity index is 2.68. The van der Waals surface area contributed by atoms with Gasteiger partial charge in [0.2, 0.25) is 11.9 Å². The molecule has 1 amide bonds. The van der Waals surface area contributed by atoms with Crippen molar-refractivity contribution in [2.45, 2.75) is 13.0 Å². The first kappa shape index (κ1) is 9.51. The zero-order chi connectivity index (χ0) is 11.0. The number of imidazole rings is 1. The molecule has 15 heavy (non-hydrogen) atoms. The van der Waals surface area contributed by atoms with Crippen molar-refractivity contribution in [2.24, 2.45) is 5.73 Å². The summed E-state index contributed by atoms with van der Waals surface area (Å²) in [5.74, 6) is -0.118. The summed E-state index contributed by atoms with van der Waals surface area (Å²) >= 11 is 0. The Kier molecular flexibility index (Phi) is 2.07. The highest BCUT2D eigenvalue weighted by Crippen LogP contribution is 2.21. The monoisotopic (exact) mass is 204 g/mol. The number of nitrogens with two attached hydrogens (primary N) is 2. The molecule has 0 bridgehead atoms. The number of rotatable bonds is 2. The minimum Gasteiger partial charge on any atom is -0.369 e. The highest BCUT2D eigenvalue weighted by molar-refractivity contribution is 5.84. The van der Waals surface area contributed by atoms with Gasteiger partial charge in [0.1, 0.15) is 6.04 Å². The first-order valence-corrected chi connectivity index (χ1v) is 4.63. The number of carbonyl (C=O) groups is 1. The second kappa shape index (κ2) is 3.27. The first-order chi connectivity index (χ1) is 7.11. The van der Waals surface area contributed by atoms with Crippen LogP contribution >= 0.6 is 0 Å². The van der Waals surface area contributed by atoms with Crippen molar-refractivity contribution in [2.75, 3.05) is 5.73 Å². The molecule has 0 spiro atoms. The summed E-state index contributed by atoms with van der Waals surface area (Å²) in [6.07, 6.45) is 0. The number of nitrogens with zero attached hydrogens (tertiary/aromatic N) is 2. The Bertz CT molecular complexity index is 517. The van der Waals surface area contributed by atoms with Gasteiger partial charge in [-0.3, -0.25) is 9.36 Å². The molecular weight excluding hydrogens is 192 g/mol. The smallest absolute Gasteiger partial charge is 0.240 e. The van der Waals surface area contributed by atoms with E-state index in [9.17, 15) is 4.79 Å². The molecule has 5 heteroatoms. The van der Waals surface area contributed by atoms with Crippen LogP contribution in [0.2, 0.25) is 0 Å². The molecule has 5 nitrogen and oxygen atoms in total. The van der Waals surface area contributed by atoms with E-state index < -0.39 is 11.9 Å². The van der Waals surface area contributed by atoms with Gasteiger partial charge >= 0.3 is 0 Å². The highest BCUT2D eigenvalue weighted by Gasteiger charge is 2.17. The second-order valence-corrected chi connectivity index (χ2v) is 3.41. The molecule has 1 aromatic heterocycles. The third kappa shape index (κ3) is 1.41. The average molecular weight is 204 g/mol. The van der Waals surface area contributed by atoms with Gasteiger partial charge < -0.3 is 11.5 Å². The molecule has 4 N–H and O–H groups in total. The number of hydrogen-bond donors (Lipinski definition) is 2. The molecule has 0 aliphatic carbocycles. The number of carbonyl (C=O) groups excluding carboxylic acids is 1. The van der Waals surface area contributed by atoms with Crippen LogP contribution in [-0.4, -0.2) is 15.5 Å². The Labute approximate surface area is 86.7 Å². The van der Waals surface area contributed by atoms with Crippen molar-refractivity contribution < 1.29 is 4.79 Å². The predicted molar refractivity (Wildman–Crippen MR) is 58.1 cm³/mol. The number of hydrogen-bond acceptors (Lipinski definition) is 3. The van der Waals surface area contributed by atoms with E-state index in [0.29, 0.717) is 5.95 Å². The molecule has 1 aromatic carbocycles. The van der Waals surface area contributed by atoms with E-state index in [2.05, 4.69) is 4.98 Å². The van der Waals surface area contributed by atoms with Crippen LogP contribution in [0.15, 0.2) is 24.3 Å².